The maximum atomic E-state index is 12.6. The minimum absolute atomic E-state index is 0. The predicted molar refractivity (Wildman–Crippen MR) is 122 cm³/mol. The van der Waals surface area contributed by atoms with Crippen molar-refractivity contribution in [3.05, 3.63) is 0 Å². The molecule has 2 heterocycles. The van der Waals surface area contributed by atoms with E-state index < -0.39 is 12.7 Å². The highest BCUT2D eigenvalue weighted by Gasteiger charge is 2.35. The Morgan fingerprint density at radius 1 is 1.10 bits per heavy atom. The summed E-state index contributed by atoms with van der Waals surface area (Å²) < 4.78 is 37.6. The Hall–Kier alpha value is -0.780. The zero-order valence-electron chi connectivity index (χ0n) is 17.7. The molecule has 3 fully saturated rings. The molecule has 1 saturated carbocycles. The van der Waals surface area contributed by atoms with Crippen LogP contribution in [0.1, 0.15) is 45.4 Å². The van der Waals surface area contributed by atoms with E-state index in [0.29, 0.717) is 44.6 Å². The molecule has 2 saturated heterocycles. The van der Waals surface area contributed by atoms with Crippen LogP contribution in [0, 0.1) is 11.8 Å². The van der Waals surface area contributed by atoms with E-state index in [1.54, 1.807) is 0 Å². The van der Waals surface area contributed by atoms with Gasteiger partial charge in [0.05, 0.1) is 6.54 Å². The Bertz CT molecular complexity index is 583. The van der Waals surface area contributed by atoms with Crippen LogP contribution < -0.4 is 10.6 Å². The van der Waals surface area contributed by atoms with Crippen molar-refractivity contribution in [2.24, 2.45) is 16.8 Å². The maximum Gasteiger partial charge on any atom is 0.401 e. The molecule has 3 rings (SSSR count). The zero-order valence-corrected chi connectivity index (χ0v) is 20.0. The molecular formula is C20H35F3IN5O. The molecule has 0 spiro atoms. The molecule has 2 unspecified atom stereocenters. The minimum atomic E-state index is -4.14. The summed E-state index contributed by atoms with van der Waals surface area (Å²) in [6.45, 7) is 4.78. The quantitative estimate of drug-likeness (QED) is 0.306. The number of rotatable bonds is 6. The van der Waals surface area contributed by atoms with Crippen LogP contribution in [0.5, 0.6) is 0 Å². The summed E-state index contributed by atoms with van der Waals surface area (Å²) in [6, 6.07) is 0.170. The summed E-state index contributed by atoms with van der Waals surface area (Å²) in [7, 11) is 0. The lowest BCUT2D eigenvalue weighted by atomic mass is 10.1. The van der Waals surface area contributed by atoms with E-state index in [4.69, 9.17) is 0 Å². The van der Waals surface area contributed by atoms with Crippen molar-refractivity contribution < 1.29 is 18.0 Å². The van der Waals surface area contributed by atoms with Crippen LogP contribution >= 0.6 is 24.0 Å². The predicted octanol–water partition coefficient (Wildman–Crippen LogP) is 2.83. The maximum absolute atomic E-state index is 12.6. The molecule has 0 aromatic carbocycles. The number of likely N-dealkylation sites (tertiary alicyclic amines) is 2. The molecule has 174 valence electrons. The first-order valence-electron chi connectivity index (χ1n) is 11.0. The Morgan fingerprint density at radius 3 is 2.50 bits per heavy atom. The lowest BCUT2D eigenvalue weighted by molar-refractivity contribution is -0.143. The van der Waals surface area contributed by atoms with Gasteiger partial charge in [0.1, 0.15) is 0 Å². The first-order chi connectivity index (χ1) is 13.8. The fourth-order valence-electron chi connectivity index (χ4n) is 4.70. The number of amides is 1. The summed E-state index contributed by atoms with van der Waals surface area (Å²) >= 11 is 0. The third-order valence-corrected chi connectivity index (χ3v) is 6.17. The Morgan fingerprint density at radius 2 is 1.83 bits per heavy atom. The van der Waals surface area contributed by atoms with Crippen LogP contribution in [-0.2, 0) is 4.79 Å². The monoisotopic (exact) mass is 545 g/mol. The van der Waals surface area contributed by atoms with Crippen molar-refractivity contribution in [3.8, 4) is 0 Å². The largest absolute Gasteiger partial charge is 0.401 e. The minimum Gasteiger partial charge on any atom is -0.357 e. The van der Waals surface area contributed by atoms with Crippen molar-refractivity contribution in [1.29, 1.82) is 0 Å². The van der Waals surface area contributed by atoms with E-state index in [9.17, 15) is 18.0 Å². The molecular weight excluding hydrogens is 510 g/mol. The molecule has 30 heavy (non-hydrogen) atoms. The van der Waals surface area contributed by atoms with E-state index in [-0.39, 0.29) is 41.9 Å². The molecule has 10 heteroatoms. The first-order valence-corrected chi connectivity index (χ1v) is 11.0. The van der Waals surface area contributed by atoms with E-state index in [0.717, 1.165) is 45.1 Å². The molecule has 0 aromatic heterocycles. The lowest BCUT2D eigenvalue weighted by Gasteiger charge is -2.21. The fraction of sp³-hybridized carbons (Fsp3) is 0.900. The van der Waals surface area contributed by atoms with Crippen molar-refractivity contribution in [2.45, 2.75) is 57.7 Å². The number of nitrogens with zero attached hydrogens (tertiary/aromatic N) is 3. The van der Waals surface area contributed by atoms with Gasteiger partial charge in [-0.1, -0.05) is 12.8 Å². The van der Waals surface area contributed by atoms with Gasteiger partial charge in [-0.25, -0.2) is 0 Å². The number of alkyl halides is 3. The van der Waals surface area contributed by atoms with Crippen LogP contribution in [-0.4, -0.2) is 79.7 Å². The van der Waals surface area contributed by atoms with Gasteiger partial charge in [-0.3, -0.25) is 14.7 Å². The highest BCUT2D eigenvalue weighted by molar-refractivity contribution is 14.0. The summed E-state index contributed by atoms with van der Waals surface area (Å²) in [5.74, 6) is 1.35. The third kappa shape index (κ3) is 7.72. The molecule has 0 bridgehead atoms. The number of halogens is 4. The molecule has 1 aliphatic carbocycles. The van der Waals surface area contributed by atoms with Gasteiger partial charge in [-0.2, -0.15) is 13.2 Å². The first kappa shape index (κ1) is 25.5. The average molecular weight is 545 g/mol. The third-order valence-electron chi connectivity index (χ3n) is 6.17. The molecule has 2 N–H and O–H groups in total. The number of aliphatic imine (C=N–C) groups is 1. The normalized spacial score (nSPS) is 26.1. The van der Waals surface area contributed by atoms with Crippen LogP contribution in [0.15, 0.2) is 4.99 Å². The molecule has 3 aliphatic rings. The van der Waals surface area contributed by atoms with Crippen LogP contribution in [0.3, 0.4) is 0 Å². The van der Waals surface area contributed by atoms with Gasteiger partial charge in [0, 0.05) is 44.7 Å². The second-order valence-electron chi connectivity index (χ2n) is 8.62. The number of nitrogens with one attached hydrogen (secondary N) is 2. The topological polar surface area (TPSA) is 60.0 Å². The summed E-state index contributed by atoms with van der Waals surface area (Å²) in [5.41, 5.74) is 0. The molecule has 6 nitrogen and oxygen atoms in total. The van der Waals surface area contributed by atoms with Gasteiger partial charge < -0.3 is 15.5 Å². The van der Waals surface area contributed by atoms with Crippen LogP contribution in [0.25, 0.3) is 0 Å². The van der Waals surface area contributed by atoms with E-state index >= 15 is 0 Å². The van der Waals surface area contributed by atoms with E-state index in [1.165, 1.54) is 4.90 Å². The van der Waals surface area contributed by atoms with Crippen LogP contribution in [0.4, 0.5) is 13.2 Å². The van der Waals surface area contributed by atoms with Gasteiger partial charge in [-0.05, 0) is 45.1 Å². The summed E-state index contributed by atoms with van der Waals surface area (Å²) in [6.07, 6.45) is 1.85. The molecule has 0 radical (unpaired) electrons. The number of carbonyl (C=O) groups excluding carboxylic acids is 1. The lowest BCUT2D eigenvalue weighted by Crippen LogP contribution is -2.45. The number of carbonyl (C=O) groups is 1. The number of hydrogen-bond donors (Lipinski definition) is 2. The van der Waals surface area contributed by atoms with Crippen molar-refractivity contribution in [2.75, 3.05) is 45.8 Å². The van der Waals surface area contributed by atoms with Gasteiger partial charge in [0.25, 0.3) is 0 Å². The highest BCUT2D eigenvalue weighted by Crippen LogP contribution is 2.28. The Labute approximate surface area is 194 Å². The standard InChI is InChI=1S/C20H34F3N5O.HI/c1-2-24-19(25-11-15-7-9-27(12-15)14-20(21,22)23)26-17-8-10-28(13-17)18(29)16-5-3-4-6-16;/h15-17H,2-14H2,1H3,(H2,24,25,26);1H. The van der Waals surface area contributed by atoms with Gasteiger partial charge in [0.15, 0.2) is 5.96 Å². The summed E-state index contributed by atoms with van der Waals surface area (Å²) in [5, 5.41) is 6.64. The fourth-order valence-corrected chi connectivity index (χ4v) is 4.70. The molecule has 1 amide bonds. The summed E-state index contributed by atoms with van der Waals surface area (Å²) in [4.78, 5) is 20.7. The van der Waals surface area contributed by atoms with Crippen molar-refractivity contribution >= 4 is 35.8 Å². The Balaban J connectivity index is 0.00000320. The second kappa shape index (κ2) is 11.7. The van der Waals surface area contributed by atoms with Gasteiger partial charge in [-0.15, -0.1) is 24.0 Å². The van der Waals surface area contributed by atoms with E-state index in [1.807, 2.05) is 11.8 Å². The molecule has 0 aromatic rings. The molecule has 2 aliphatic heterocycles. The van der Waals surface area contributed by atoms with Gasteiger partial charge in [0.2, 0.25) is 5.91 Å². The van der Waals surface area contributed by atoms with Crippen molar-refractivity contribution in [1.82, 2.24) is 20.4 Å². The number of hydrogen-bond acceptors (Lipinski definition) is 3. The van der Waals surface area contributed by atoms with Crippen molar-refractivity contribution in [3.63, 3.8) is 0 Å². The number of guanidine groups is 1. The van der Waals surface area contributed by atoms with Gasteiger partial charge >= 0.3 is 6.18 Å². The van der Waals surface area contributed by atoms with E-state index in [2.05, 4.69) is 15.6 Å². The zero-order chi connectivity index (χ0) is 20.9. The smallest absolute Gasteiger partial charge is 0.357 e. The highest BCUT2D eigenvalue weighted by atomic mass is 127. The average Bonchev–Trinajstić information content (AvgIpc) is 3.40. The SMILES string of the molecule is CCNC(=NCC1CCN(CC(F)(F)F)C1)NC1CCN(C(=O)C2CCCC2)C1.I. The second-order valence-corrected chi connectivity index (χ2v) is 8.62. The van der Waals surface area contributed by atoms with Crippen LogP contribution in [0.2, 0.25) is 0 Å². The molecule has 2 atom stereocenters. The Kier molecular flexibility index (Phi) is 9.96.